The number of ether oxygens (including phenoxy) is 1. The van der Waals surface area contributed by atoms with Crippen LogP contribution in [0.2, 0.25) is 0 Å². The van der Waals surface area contributed by atoms with E-state index in [1.54, 1.807) is 4.72 Å². The molecule has 0 spiro atoms. The van der Waals surface area contributed by atoms with E-state index in [0.717, 1.165) is 7.11 Å². The van der Waals surface area contributed by atoms with Crippen molar-refractivity contribution in [2.24, 2.45) is 0 Å². The van der Waals surface area contributed by atoms with E-state index in [1.807, 2.05) is 0 Å². The van der Waals surface area contributed by atoms with Crippen molar-refractivity contribution in [3.63, 3.8) is 0 Å². The van der Waals surface area contributed by atoms with Gasteiger partial charge in [0.2, 0.25) is 0 Å². The predicted molar refractivity (Wildman–Crippen MR) is 66.6 cm³/mol. The normalized spacial score (nSPS) is 10.7. The molecule has 0 aliphatic carbocycles. The third kappa shape index (κ3) is 4.11. The van der Waals surface area contributed by atoms with Crippen LogP contribution in [0, 0.1) is 0 Å². The number of amides is 1. The highest BCUT2D eigenvalue weighted by molar-refractivity contribution is 9.10. The molecule has 1 aromatic carbocycles. The summed E-state index contributed by atoms with van der Waals surface area (Å²) in [7, 11) is -2.97. The van der Waals surface area contributed by atoms with E-state index >= 15 is 0 Å². The molecule has 0 saturated heterocycles. The molecular formula is C8H10BrN3O4S. The predicted octanol–water partition coefficient (Wildman–Crippen LogP) is 1.04. The van der Waals surface area contributed by atoms with E-state index in [0.29, 0.717) is 10.2 Å². The number of hydrogen-bond donors (Lipinski definition) is 3. The molecule has 9 heteroatoms. The highest BCUT2D eigenvalue weighted by Gasteiger charge is 2.15. The summed E-state index contributed by atoms with van der Waals surface area (Å²) in [4.78, 5) is 10.8. The van der Waals surface area contributed by atoms with Crippen LogP contribution in [0.1, 0.15) is 0 Å². The van der Waals surface area contributed by atoms with Gasteiger partial charge in [-0.1, -0.05) is 0 Å². The Bertz CT molecular complexity index is 532. The summed E-state index contributed by atoms with van der Waals surface area (Å²) in [6.07, 6.45) is -1.08. The molecule has 4 N–H and O–H groups in total. The molecule has 0 fully saturated rings. The second-order valence-corrected chi connectivity index (χ2v) is 5.21. The summed E-state index contributed by atoms with van der Waals surface area (Å²) in [6, 6.07) is 4.49. The standard InChI is InChI=1S/C8H10BrN3O4S/c1-16-8(13)12-17(14,15)11-7-3-2-5(10)4-6(7)9/h2-4,11H,10H2,1H3,(H,12,13). The molecule has 0 saturated carbocycles. The number of carbonyl (C=O) groups excluding carboxylic acids is 1. The summed E-state index contributed by atoms with van der Waals surface area (Å²) in [5.74, 6) is 0. The Morgan fingerprint density at radius 3 is 2.65 bits per heavy atom. The first kappa shape index (κ1) is 13.6. The number of anilines is 2. The van der Waals surface area contributed by atoms with E-state index in [4.69, 9.17) is 5.73 Å². The molecule has 0 heterocycles. The van der Waals surface area contributed by atoms with E-state index in [-0.39, 0.29) is 5.69 Å². The summed E-state index contributed by atoms with van der Waals surface area (Å²) in [6.45, 7) is 0. The summed E-state index contributed by atoms with van der Waals surface area (Å²) in [5, 5.41) is 0. The lowest BCUT2D eigenvalue weighted by Crippen LogP contribution is -2.35. The highest BCUT2D eigenvalue weighted by Crippen LogP contribution is 2.25. The van der Waals surface area contributed by atoms with Crippen molar-refractivity contribution in [2.75, 3.05) is 17.6 Å². The first-order valence-corrected chi connectivity index (χ1v) is 6.55. The largest absolute Gasteiger partial charge is 0.452 e. The molecule has 0 aliphatic rings. The number of rotatable bonds is 3. The van der Waals surface area contributed by atoms with Crippen molar-refractivity contribution in [3.05, 3.63) is 22.7 Å². The zero-order chi connectivity index (χ0) is 13.1. The lowest BCUT2D eigenvalue weighted by atomic mass is 10.3. The first-order chi connectivity index (χ1) is 7.84. The van der Waals surface area contributed by atoms with Gasteiger partial charge < -0.3 is 10.5 Å². The summed E-state index contributed by atoms with van der Waals surface area (Å²) in [5.41, 5.74) is 6.22. The summed E-state index contributed by atoms with van der Waals surface area (Å²) < 4.78 is 31.3. The van der Waals surface area contributed by atoms with Crippen molar-refractivity contribution in [2.45, 2.75) is 0 Å². The van der Waals surface area contributed by atoms with Gasteiger partial charge in [-0.05, 0) is 34.1 Å². The Morgan fingerprint density at radius 1 is 1.47 bits per heavy atom. The van der Waals surface area contributed by atoms with Gasteiger partial charge in [0.25, 0.3) is 0 Å². The molecular weight excluding hydrogens is 314 g/mol. The minimum atomic E-state index is -4.03. The molecule has 0 aliphatic heterocycles. The van der Waals surface area contributed by atoms with Crippen LogP contribution in [0.3, 0.4) is 0 Å². The molecule has 0 radical (unpaired) electrons. The van der Waals surface area contributed by atoms with Gasteiger partial charge >= 0.3 is 16.3 Å². The Hall–Kier alpha value is -1.48. The Morgan fingerprint density at radius 2 is 2.12 bits per heavy atom. The molecule has 1 rings (SSSR count). The fourth-order valence-corrected chi connectivity index (χ4v) is 2.38. The monoisotopic (exact) mass is 323 g/mol. The third-order valence-electron chi connectivity index (χ3n) is 1.64. The van der Waals surface area contributed by atoms with Crippen LogP contribution < -0.4 is 15.2 Å². The maximum atomic E-state index is 11.4. The van der Waals surface area contributed by atoms with Gasteiger partial charge in [0.05, 0.1) is 12.8 Å². The number of hydrogen-bond acceptors (Lipinski definition) is 5. The molecule has 1 aromatic rings. The molecule has 7 nitrogen and oxygen atoms in total. The van der Waals surface area contributed by atoms with E-state index in [2.05, 4.69) is 25.4 Å². The molecule has 0 atom stereocenters. The number of carbonyl (C=O) groups is 1. The van der Waals surface area contributed by atoms with Crippen LogP contribution in [0.15, 0.2) is 22.7 Å². The lowest BCUT2D eigenvalue weighted by molar-refractivity contribution is 0.177. The fourth-order valence-electron chi connectivity index (χ4n) is 0.936. The van der Waals surface area contributed by atoms with Crippen molar-refractivity contribution in [3.8, 4) is 0 Å². The Kier molecular flexibility index (Phi) is 4.18. The second-order valence-electron chi connectivity index (χ2n) is 2.94. The average molecular weight is 324 g/mol. The van der Waals surface area contributed by atoms with Crippen molar-refractivity contribution in [1.82, 2.24) is 4.72 Å². The van der Waals surface area contributed by atoms with E-state index in [1.165, 1.54) is 18.2 Å². The molecule has 0 aromatic heterocycles. The van der Waals surface area contributed by atoms with Gasteiger partial charge in [0, 0.05) is 10.2 Å². The minimum Gasteiger partial charge on any atom is -0.452 e. The Labute approximate surface area is 107 Å². The van der Waals surface area contributed by atoms with E-state index in [9.17, 15) is 13.2 Å². The van der Waals surface area contributed by atoms with Crippen LogP contribution in [-0.4, -0.2) is 21.6 Å². The minimum absolute atomic E-state index is 0.246. The van der Waals surface area contributed by atoms with Gasteiger partial charge in [-0.2, -0.15) is 8.42 Å². The quantitative estimate of drug-likeness (QED) is 0.720. The van der Waals surface area contributed by atoms with Crippen molar-refractivity contribution >= 4 is 43.6 Å². The zero-order valence-corrected chi connectivity index (χ0v) is 11.1. The van der Waals surface area contributed by atoms with Gasteiger partial charge in [-0.25, -0.2) is 9.52 Å². The maximum Gasteiger partial charge on any atom is 0.422 e. The van der Waals surface area contributed by atoms with Crippen LogP contribution in [-0.2, 0) is 14.9 Å². The first-order valence-electron chi connectivity index (χ1n) is 4.27. The number of nitrogens with one attached hydrogen (secondary N) is 2. The van der Waals surface area contributed by atoms with E-state index < -0.39 is 16.3 Å². The number of nitrogen functional groups attached to an aromatic ring is 1. The van der Waals surface area contributed by atoms with Crippen LogP contribution in [0.5, 0.6) is 0 Å². The topological polar surface area (TPSA) is 111 Å². The Balaban J connectivity index is 2.87. The molecule has 94 valence electrons. The zero-order valence-electron chi connectivity index (χ0n) is 8.73. The second kappa shape index (κ2) is 5.23. The summed E-state index contributed by atoms with van der Waals surface area (Å²) >= 11 is 3.13. The number of nitrogens with two attached hydrogens (primary N) is 1. The van der Waals surface area contributed by atoms with Crippen LogP contribution >= 0.6 is 15.9 Å². The SMILES string of the molecule is COC(=O)NS(=O)(=O)Nc1ccc(N)cc1Br. The lowest BCUT2D eigenvalue weighted by Gasteiger charge is -2.10. The highest BCUT2D eigenvalue weighted by atomic mass is 79.9. The van der Waals surface area contributed by atoms with Gasteiger partial charge in [-0.15, -0.1) is 0 Å². The fraction of sp³-hybridized carbons (Fsp3) is 0.125. The van der Waals surface area contributed by atoms with Crippen molar-refractivity contribution < 1.29 is 17.9 Å². The molecule has 17 heavy (non-hydrogen) atoms. The number of halogens is 1. The molecule has 1 amide bonds. The average Bonchev–Trinajstić information content (AvgIpc) is 2.21. The molecule has 0 unspecified atom stereocenters. The number of methoxy groups -OCH3 is 1. The maximum absolute atomic E-state index is 11.4. The third-order valence-corrected chi connectivity index (χ3v) is 3.22. The van der Waals surface area contributed by atoms with Gasteiger partial charge in [0.15, 0.2) is 0 Å². The number of benzene rings is 1. The molecule has 0 bridgehead atoms. The van der Waals surface area contributed by atoms with Crippen LogP contribution in [0.4, 0.5) is 16.2 Å². The van der Waals surface area contributed by atoms with Gasteiger partial charge in [-0.3, -0.25) is 4.72 Å². The van der Waals surface area contributed by atoms with Crippen molar-refractivity contribution in [1.29, 1.82) is 0 Å². The smallest absolute Gasteiger partial charge is 0.422 e. The van der Waals surface area contributed by atoms with Gasteiger partial charge in [0.1, 0.15) is 0 Å². The van der Waals surface area contributed by atoms with Crippen LogP contribution in [0.25, 0.3) is 0 Å².